The lowest BCUT2D eigenvalue weighted by Crippen LogP contribution is -2.30. The molecule has 2 rings (SSSR count). The predicted octanol–water partition coefficient (Wildman–Crippen LogP) is 0.541. The number of ether oxygens (including phenoxy) is 1. The molecule has 2 unspecified atom stereocenters. The van der Waals surface area contributed by atoms with Gasteiger partial charge in [0.2, 0.25) is 5.91 Å². The Hall–Kier alpha value is -1.85. The smallest absolute Gasteiger partial charge is 0.310 e. The highest BCUT2D eigenvalue weighted by molar-refractivity contribution is 5.79. The summed E-state index contributed by atoms with van der Waals surface area (Å²) < 4.78 is 6.49. The van der Waals surface area contributed by atoms with Crippen molar-refractivity contribution in [1.82, 2.24) is 14.7 Å². The van der Waals surface area contributed by atoms with Crippen LogP contribution < -0.4 is 0 Å². The van der Waals surface area contributed by atoms with Gasteiger partial charge in [-0.3, -0.25) is 14.3 Å². The second kappa shape index (κ2) is 5.86. The summed E-state index contributed by atoms with van der Waals surface area (Å²) in [6, 6.07) is 1.83. The highest BCUT2D eigenvalue weighted by Crippen LogP contribution is 2.24. The maximum absolute atomic E-state index is 12.1. The Balaban J connectivity index is 1.85. The molecule has 1 saturated heterocycles. The molecule has 1 aromatic rings. The van der Waals surface area contributed by atoms with Crippen LogP contribution in [0, 0.1) is 11.8 Å². The summed E-state index contributed by atoms with van der Waals surface area (Å²) in [5, 5.41) is 4.06. The first-order valence-corrected chi connectivity index (χ1v) is 6.45. The molecule has 6 nitrogen and oxygen atoms in total. The van der Waals surface area contributed by atoms with Crippen LogP contribution >= 0.6 is 0 Å². The van der Waals surface area contributed by atoms with Crippen molar-refractivity contribution in [2.75, 3.05) is 20.2 Å². The molecule has 0 saturated carbocycles. The van der Waals surface area contributed by atoms with Gasteiger partial charge in [0.1, 0.15) is 0 Å². The van der Waals surface area contributed by atoms with Crippen LogP contribution in [0.4, 0.5) is 0 Å². The first-order chi connectivity index (χ1) is 9.11. The van der Waals surface area contributed by atoms with Crippen LogP contribution in [0.25, 0.3) is 0 Å². The van der Waals surface area contributed by atoms with E-state index in [1.165, 1.54) is 7.11 Å². The lowest BCUT2D eigenvalue weighted by molar-refractivity contribution is -0.146. The standard InChI is InChI=1S/C13H19N3O3/c1-10-8-15(9-11(10)13(18)19-2)12(17)4-7-16-6-3-5-14-16/h3,5-6,10-11H,4,7-9H2,1-2H3. The average molecular weight is 265 g/mol. The topological polar surface area (TPSA) is 64.4 Å². The molecule has 6 heteroatoms. The van der Waals surface area contributed by atoms with Crippen molar-refractivity contribution >= 4 is 11.9 Å². The molecule has 0 spiro atoms. The minimum absolute atomic E-state index is 0.0637. The minimum Gasteiger partial charge on any atom is -0.469 e. The molecule has 104 valence electrons. The zero-order valence-electron chi connectivity index (χ0n) is 11.3. The number of hydrogen-bond donors (Lipinski definition) is 0. The van der Waals surface area contributed by atoms with Gasteiger partial charge in [-0.05, 0) is 12.0 Å². The van der Waals surface area contributed by atoms with Gasteiger partial charge in [-0.2, -0.15) is 5.10 Å². The summed E-state index contributed by atoms with van der Waals surface area (Å²) in [5.74, 6) is -0.205. The summed E-state index contributed by atoms with van der Waals surface area (Å²) in [7, 11) is 1.39. The molecule has 1 aromatic heterocycles. The Labute approximate surface area is 112 Å². The number of carbonyl (C=O) groups is 2. The zero-order chi connectivity index (χ0) is 13.8. The molecule has 0 aliphatic carbocycles. The highest BCUT2D eigenvalue weighted by atomic mass is 16.5. The molecule has 2 heterocycles. The molecular formula is C13H19N3O3. The van der Waals surface area contributed by atoms with Crippen LogP contribution in [0.3, 0.4) is 0 Å². The Morgan fingerprint density at radius 2 is 2.21 bits per heavy atom. The Kier molecular flexibility index (Phi) is 4.19. The molecule has 0 bridgehead atoms. The van der Waals surface area contributed by atoms with Gasteiger partial charge in [-0.15, -0.1) is 0 Å². The maximum Gasteiger partial charge on any atom is 0.310 e. The summed E-state index contributed by atoms with van der Waals surface area (Å²) in [4.78, 5) is 25.4. The third kappa shape index (κ3) is 3.13. The van der Waals surface area contributed by atoms with Crippen molar-refractivity contribution in [3.63, 3.8) is 0 Å². The van der Waals surface area contributed by atoms with Crippen molar-refractivity contribution in [2.45, 2.75) is 19.9 Å². The summed E-state index contributed by atoms with van der Waals surface area (Å²) in [6.45, 7) is 3.63. The monoisotopic (exact) mass is 265 g/mol. The number of rotatable bonds is 4. The van der Waals surface area contributed by atoms with E-state index in [2.05, 4.69) is 5.10 Å². The largest absolute Gasteiger partial charge is 0.469 e. The zero-order valence-corrected chi connectivity index (χ0v) is 11.3. The van der Waals surface area contributed by atoms with E-state index in [0.717, 1.165) is 0 Å². The van der Waals surface area contributed by atoms with Crippen molar-refractivity contribution in [3.05, 3.63) is 18.5 Å². The van der Waals surface area contributed by atoms with Crippen molar-refractivity contribution in [1.29, 1.82) is 0 Å². The van der Waals surface area contributed by atoms with Gasteiger partial charge in [0.15, 0.2) is 0 Å². The van der Waals surface area contributed by atoms with E-state index >= 15 is 0 Å². The van der Waals surface area contributed by atoms with Gasteiger partial charge in [-0.1, -0.05) is 6.92 Å². The average Bonchev–Trinajstić information content (AvgIpc) is 3.04. The van der Waals surface area contributed by atoms with Crippen molar-refractivity contribution in [3.8, 4) is 0 Å². The molecular weight excluding hydrogens is 246 g/mol. The third-order valence-electron chi connectivity index (χ3n) is 3.58. The number of nitrogens with zero attached hydrogens (tertiary/aromatic N) is 3. The Bertz CT molecular complexity index is 444. The lowest BCUT2D eigenvalue weighted by atomic mass is 9.99. The second-order valence-electron chi connectivity index (χ2n) is 4.92. The van der Waals surface area contributed by atoms with E-state index in [9.17, 15) is 9.59 Å². The molecule has 0 radical (unpaired) electrons. The fraction of sp³-hybridized carbons (Fsp3) is 0.615. The SMILES string of the molecule is COC(=O)C1CN(C(=O)CCn2cccn2)CC1C. The van der Waals surface area contributed by atoms with Gasteiger partial charge in [0.25, 0.3) is 0 Å². The Morgan fingerprint density at radius 1 is 1.42 bits per heavy atom. The van der Waals surface area contributed by atoms with Crippen LogP contribution in [0.5, 0.6) is 0 Å². The third-order valence-corrected chi connectivity index (χ3v) is 3.58. The van der Waals surface area contributed by atoms with Crippen LogP contribution in [0.2, 0.25) is 0 Å². The van der Waals surface area contributed by atoms with Crippen LogP contribution in [0.15, 0.2) is 18.5 Å². The summed E-state index contributed by atoms with van der Waals surface area (Å²) in [6.07, 6.45) is 3.93. The van der Waals surface area contributed by atoms with Crippen molar-refractivity contribution in [2.24, 2.45) is 11.8 Å². The molecule has 2 atom stereocenters. The number of esters is 1. The van der Waals surface area contributed by atoms with Crippen LogP contribution in [0.1, 0.15) is 13.3 Å². The van der Waals surface area contributed by atoms with Gasteiger partial charge < -0.3 is 9.64 Å². The van der Waals surface area contributed by atoms with E-state index in [-0.39, 0.29) is 23.7 Å². The number of likely N-dealkylation sites (tertiary alicyclic amines) is 1. The molecule has 0 aromatic carbocycles. The van der Waals surface area contributed by atoms with Gasteiger partial charge in [0, 0.05) is 38.4 Å². The summed E-state index contributed by atoms with van der Waals surface area (Å²) in [5.41, 5.74) is 0. The van der Waals surface area contributed by atoms with Gasteiger partial charge >= 0.3 is 5.97 Å². The summed E-state index contributed by atoms with van der Waals surface area (Å²) >= 11 is 0. The minimum atomic E-state index is -0.227. The fourth-order valence-electron chi connectivity index (χ4n) is 2.43. The number of amides is 1. The van der Waals surface area contributed by atoms with E-state index in [0.29, 0.717) is 26.1 Å². The van der Waals surface area contributed by atoms with Gasteiger partial charge in [-0.25, -0.2) is 0 Å². The molecule has 0 N–H and O–H groups in total. The first kappa shape index (κ1) is 13.6. The van der Waals surface area contributed by atoms with Crippen LogP contribution in [-0.2, 0) is 20.9 Å². The van der Waals surface area contributed by atoms with E-state index in [1.54, 1.807) is 15.8 Å². The predicted molar refractivity (Wildman–Crippen MR) is 68.1 cm³/mol. The first-order valence-electron chi connectivity index (χ1n) is 6.45. The van der Waals surface area contributed by atoms with E-state index in [4.69, 9.17) is 4.74 Å². The number of hydrogen-bond acceptors (Lipinski definition) is 4. The van der Waals surface area contributed by atoms with Crippen molar-refractivity contribution < 1.29 is 14.3 Å². The maximum atomic E-state index is 12.1. The number of methoxy groups -OCH3 is 1. The van der Waals surface area contributed by atoms with E-state index < -0.39 is 0 Å². The quantitative estimate of drug-likeness (QED) is 0.745. The molecule has 1 fully saturated rings. The van der Waals surface area contributed by atoms with Gasteiger partial charge in [0.05, 0.1) is 13.0 Å². The molecule has 1 aliphatic heterocycles. The normalized spacial score (nSPS) is 22.5. The lowest BCUT2D eigenvalue weighted by Gasteiger charge is -2.15. The molecule has 1 amide bonds. The number of carbonyl (C=O) groups excluding carboxylic acids is 2. The molecule has 19 heavy (non-hydrogen) atoms. The second-order valence-corrected chi connectivity index (χ2v) is 4.92. The fourth-order valence-corrected chi connectivity index (χ4v) is 2.43. The number of aromatic nitrogens is 2. The molecule has 1 aliphatic rings. The van der Waals surface area contributed by atoms with E-state index in [1.807, 2.05) is 19.2 Å². The van der Waals surface area contributed by atoms with Crippen LogP contribution in [-0.4, -0.2) is 46.8 Å². The highest BCUT2D eigenvalue weighted by Gasteiger charge is 2.37. The Morgan fingerprint density at radius 3 is 2.84 bits per heavy atom. The number of aryl methyl sites for hydroxylation is 1.